The molecule has 1 aromatic rings. The van der Waals surface area contributed by atoms with Crippen molar-refractivity contribution in [2.45, 2.75) is 12.5 Å². The molecule has 0 bridgehead atoms. The maximum atomic E-state index is 12.4. The second-order valence-corrected chi connectivity index (χ2v) is 6.95. The zero-order valence-corrected chi connectivity index (χ0v) is 11.7. The second-order valence-electron chi connectivity index (χ2n) is 4.72. The first-order valence-corrected chi connectivity index (χ1v) is 8.09. The van der Waals surface area contributed by atoms with Gasteiger partial charge in [0.05, 0.1) is 23.8 Å². The van der Waals surface area contributed by atoms with Gasteiger partial charge in [0, 0.05) is 18.8 Å². The van der Waals surface area contributed by atoms with Gasteiger partial charge >= 0.3 is 0 Å². The van der Waals surface area contributed by atoms with Crippen LogP contribution in [0.25, 0.3) is 0 Å². The molecule has 1 aromatic heterocycles. The predicted molar refractivity (Wildman–Crippen MR) is 73.8 cm³/mol. The van der Waals surface area contributed by atoms with Crippen molar-refractivity contribution >= 4 is 21.4 Å². The van der Waals surface area contributed by atoms with Crippen molar-refractivity contribution in [2.75, 3.05) is 30.4 Å². The van der Waals surface area contributed by atoms with Gasteiger partial charge < -0.3 is 15.7 Å². The number of sulfone groups is 1. The Kier molecular flexibility index (Phi) is 4.24. The van der Waals surface area contributed by atoms with Gasteiger partial charge in [-0.25, -0.2) is 13.4 Å². The number of aromatic nitrogens is 1. The Morgan fingerprint density at radius 1 is 1.55 bits per heavy atom. The Morgan fingerprint density at radius 2 is 2.30 bits per heavy atom. The lowest BCUT2D eigenvalue weighted by molar-refractivity contribution is 0.0650. The fourth-order valence-corrected chi connectivity index (χ4v) is 4.04. The fraction of sp³-hybridized carbons (Fsp3) is 0.500. The topological polar surface area (TPSA) is 114 Å². The van der Waals surface area contributed by atoms with Crippen molar-refractivity contribution in [2.24, 2.45) is 0 Å². The Hall–Kier alpha value is -1.67. The minimum Gasteiger partial charge on any atom is -0.397 e. The minimum atomic E-state index is -3.11. The van der Waals surface area contributed by atoms with Gasteiger partial charge in [-0.15, -0.1) is 0 Å². The summed E-state index contributed by atoms with van der Waals surface area (Å²) in [5.41, 5.74) is 6.04. The highest BCUT2D eigenvalue weighted by Gasteiger charge is 2.35. The first kappa shape index (κ1) is 14.7. The molecule has 20 heavy (non-hydrogen) atoms. The zero-order valence-electron chi connectivity index (χ0n) is 10.9. The number of carbonyl (C=O) groups excluding carboxylic acids is 1. The number of rotatable bonds is 4. The van der Waals surface area contributed by atoms with Gasteiger partial charge in [-0.05, 0) is 18.6 Å². The molecular weight excluding hydrogens is 282 g/mol. The summed E-state index contributed by atoms with van der Waals surface area (Å²) < 4.78 is 23.1. The number of nitrogens with zero attached hydrogens (tertiary/aromatic N) is 2. The quantitative estimate of drug-likeness (QED) is 0.759. The van der Waals surface area contributed by atoms with E-state index < -0.39 is 21.8 Å². The fourth-order valence-electron chi connectivity index (χ4n) is 2.31. The summed E-state index contributed by atoms with van der Waals surface area (Å²) in [6, 6.07) is 2.74. The smallest absolute Gasteiger partial charge is 0.274 e. The lowest BCUT2D eigenvalue weighted by Gasteiger charge is -2.27. The number of carbonyl (C=O) groups is 1. The number of hydrogen-bond donors (Lipinski definition) is 2. The molecular formula is C12H17N3O4S. The second kappa shape index (κ2) is 5.76. The molecule has 1 aliphatic rings. The van der Waals surface area contributed by atoms with Crippen LogP contribution in [0.5, 0.6) is 0 Å². The van der Waals surface area contributed by atoms with E-state index in [1.165, 1.54) is 11.1 Å². The van der Waals surface area contributed by atoms with E-state index in [0.29, 0.717) is 6.42 Å². The average Bonchev–Trinajstić information content (AvgIpc) is 2.76. The maximum Gasteiger partial charge on any atom is 0.274 e. The highest BCUT2D eigenvalue weighted by atomic mass is 32.2. The number of amides is 1. The number of nitrogens with two attached hydrogens (primary N) is 1. The molecule has 1 saturated heterocycles. The summed E-state index contributed by atoms with van der Waals surface area (Å²) >= 11 is 0. The van der Waals surface area contributed by atoms with E-state index in [4.69, 9.17) is 10.8 Å². The summed E-state index contributed by atoms with van der Waals surface area (Å²) in [6.07, 6.45) is 1.83. The minimum absolute atomic E-state index is 0.0601. The van der Waals surface area contributed by atoms with E-state index in [9.17, 15) is 13.2 Å². The van der Waals surface area contributed by atoms with Crippen molar-refractivity contribution in [3.05, 3.63) is 24.0 Å². The lowest BCUT2D eigenvalue weighted by atomic mass is 10.2. The van der Waals surface area contributed by atoms with Crippen molar-refractivity contribution < 1.29 is 18.3 Å². The van der Waals surface area contributed by atoms with Gasteiger partial charge in [-0.1, -0.05) is 0 Å². The highest BCUT2D eigenvalue weighted by Crippen LogP contribution is 2.20. The number of aliphatic hydroxyl groups is 1. The first-order chi connectivity index (χ1) is 9.44. The third kappa shape index (κ3) is 3.07. The molecule has 0 radical (unpaired) electrons. The highest BCUT2D eigenvalue weighted by molar-refractivity contribution is 7.91. The predicted octanol–water partition coefficient (Wildman–Crippen LogP) is -0.715. The van der Waals surface area contributed by atoms with Gasteiger partial charge in [0.25, 0.3) is 5.91 Å². The Morgan fingerprint density at radius 3 is 2.85 bits per heavy atom. The molecule has 7 nitrogen and oxygen atoms in total. The van der Waals surface area contributed by atoms with Crippen LogP contribution in [-0.4, -0.2) is 60.0 Å². The first-order valence-electron chi connectivity index (χ1n) is 6.27. The molecule has 2 rings (SSSR count). The van der Waals surface area contributed by atoms with Crippen LogP contribution >= 0.6 is 0 Å². The van der Waals surface area contributed by atoms with Crippen LogP contribution < -0.4 is 5.73 Å². The van der Waals surface area contributed by atoms with Gasteiger partial charge in [0.2, 0.25) is 0 Å². The Labute approximate surface area is 117 Å². The number of hydrogen-bond acceptors (Lipinski definition) is 6. The van der Waals surface area contributed by atoms with E-state index in [-0.39, 0.29) is 36.0 Å². The zero-order chi connectivity index (χ0) is 14.8. The van der Waals surface area contributed by atoms with Crippen molar-refractivity contribution in [3.63, 3.8) is 0 Å². The summed E-state index contributed by atoms with van der Waals surface area (Å²) in [6.45, 7) is -0.177. The monoisotopic (exact) mass is 299 g/mol. The summed E-state index contributed by atoms with van der Waals surface area (Å²) in [4.78, 5) is 17.7. The molecule has 8 heteroatoms. The standard InChI is InChI=1S/C12H17N3O4S/c13-10-2-1-4-14-11(10)12(17)15(5-6-16)9-3-7-20(18,19)8-9/h1-2,4,9,16H,3,5-8,13H2. The lowest BCUT2D eigenvalue weighted by Crippen LogP contribution is -2.43. The summed E-state index contributed by atoms with van der Waals surface area (Å²) in [5.74, 6) is -0.463. The van der Waals surface area contributed by atoms with Crippen LogP contribution in [0.1, 0.15) is 16.9 Å². The SMILES string of the molecule is Nc1cccnc1C(=O)N(CCO)C1CCS(=O)(=O)C1. The average molecular weight is 299 g/mol. The van der Waals surface area contributed by atoms with E-state index >= 15 is 0 Å². The van der Waals surface area contributed by atoms with Crippen LogP contribution in [0.3, 0.4) is 0 Å². The van der Waals surface area contributed by atoms with Crippen molar-refractivity contribution in [3.8, 4) is 0 Å². The third-order valence-electron chi connectivity index (χ3n) is 3.29. The maximum absolute atomic E-state index is 12.4. The van der Waals surface area contributed by atoms with Gasteiger partial charge in [-0.3, -0.25) is 4.79 Å². The number of pyridine rings is 1. The van der Waals surface area contributed by atoms with E-state index in [0.717, 1.165) is 0 Å². The summed E-state index contributed by atoms with van der Waals surface area (Å²) in [7, 11) is -3.11. The van der Waals surface area contributed by atoms with Crippen LogP contribution in [0, 0.1) is 0 Å². The van der Waals surface area contributed by atoms with Crippen molar-refractivity contribution in [1.82, 2.24) is 9.88 Å². The molecule has 1 aliphatic heterocycles. The molecule has 110 valence electrons. The van der Waals surface area contributed by atoms with Crippen LogP contribution in [-0.2, 0) is 9.84 Å². The largest absolute Gasteiger partial charge is 0.397 e. The molecule has 3 N–H and O–H groups in total. The van der Waals surface area contributed by atoms with Gasteiger partial charge in [0.1, 0.15) is 0 Å². The van der Waals surface area contributed by atoms with Gasteiger partial charge in [0.15, 0.2) is 15.5 Å². The number of nitrogen functional groups attached to an aromatic ring is 1. The normalized spacial score (nSPS) is 20.8. The molecule has 1 amide bonds. The molecule has 0 aromatic carbocycles. The molecule has 0 aliphatic carbocycles. The van der Waals surface area contributed by atoms with E-state index in [1.807, 2.05) is 0 Å². The molecule has 1 unspecified atom stereocenters. The Balaban J connectivity index is 2.25. The van der Waals surface area contributed by atoms with Gasteiger partial charge in [-0.2, -0.15) is 0 Å². The molecule has 1 atom stereocenters. The molecule has 2 heterocycles. The summed E-state index contributed by atoms with van der Waals surface area (Å²) in [5, 5.41) is 9.10. The molecule has 0 saturated carbocycles. The Bertz CT molecular complexity index is 602. The number of anilines is 1. The molecule has 1 fully saturated rings. The van der Waals surface area contributed by atoms with E-state index in [2.05, 4.69) is 4.98 Å². The molecule has 0 spiro atoms. The van der Waals surface area contributed by atoms with Crippen LogP contribution in [0.2, 0.25) is 0 Å². The van der Waals surface area contributed by atoms with E-state index in [1.54, 1.807) is 12.1 Å². The number of aliphatic hydroxyl groups excluding tert-OH is 1. The third-order valence-corrected chi connectivity index (χ3v) is 5.04. The van der Waals surface area contributed by atoms with Crippen LogP contribution in [0.15, 0.2) is 18.3 Å². The van der Waals surface area contributed by atoms with Crippen molar-refractivity contribution in [1.29, 1.82) is 0 Å². The van der Waals surface area contributed by atoms with Crippen LogP contribution in [0.4, 0.5) is 5.69 Å².